The van der Waals surface area contributed by atoms with Crippen molar-refractivity contribution in [2.24, 2.45) is 0 Å². The van der Waals surface area contributed by atoms with Gasteiger partial charge < -0.3 is 23.9 Å². The van der Waals surface area contributed by atoms with Gasteiger partial charge in [-0.05, 0) is 12.1 Å². The van der Waals surface area contributed by atoms with E-state index in [9.17, 15) is 4.79 Å². The van der Waals surface area contributed by atoms with Crippen molar-refractivity contribution in [3.05, 3.63) is 29.8 Å². The van der Waals surface area contributed by atoms with Crippen LogP contribution in [0.5, 0.6) is 5.75 Å². The zero-order valence-electron chi connectivity index (χ0n) is 7.59. The SMILES string of the molecule is N.O=C(OI)c1ccccc1OB(O)O. The summed E-state index contributed by atoms with van der Waals surface area (Å²) >= 11 is 1.44. The first kappa shape index (κ1) is 14.2. The largest absolute Gasteiger partial charge is 0.707 e. The molecule has 0 spiro atoms. The zero-order chi connectivity index (χ0) is 10.6. The number of hydrogen-bond acceptors (Lipinski definition) is 6. The van der Waals surface area contributed by atoms with Crippen molar-refractivity contribution >= 4 is 36.3 Å². The van der Waals surface area contributed by atoms with E-state index in [0.29, 0.717) is 0 Å². The molecule has 0 amide bonds. The van der Waals surface area contributed by atoms with Crippen LogP contribution in [-0.2, 0) is 3.07 Å². The molecule has 8 heteroatoms. The van der Waals surface area contributed by atoms with E-state index in [2.05, 4.69) is 7.72 Å². The molecule has 1 rings (SSSR count). The van der Waals surface area contributed by atoms with Gasteiger partial charge in [0, 0.05) is 0 Å². The molecule has 0 fully saturated rings. The predicted octanol–water partition coefficient (Wildman–Crippen LogP) is 0.704. The number of rotatable bonds is 3. The molecule has 15 heavy (non-hydrogen) atoms. The van der Waals surface area contributed by atoms with E-state index < -0.39 is 13.3 Å². The van der Waals surface area contributed by atoms with Gasteiger partial charge in [0.2, 0.25) is 0 Å². The van der Waals surface area contributed by atoms with Crippen LogP contribution >= 0.6 is 23.0 Å². The highest BCUT2D eigenvalue weighted by Gasteiger charge is 2.18. The second-order valence-electron chi connectivity index (χ2n) is 2.30. The van der Waals surface area contributed by atoms with Gasteiger partial charge in [-0.2, -0.15) is 0 Å². The molecule has 0 aliphatic heterocycles. The van der Waals surface area contributed by atoms with Gasteiger partial charge in [0.1, 0.15) is 11.3 Å². The second-order valence-corrected chi connectivity index (χ2v) is 2.75. The summed E-state index contributed by atoms with van der Waals surface area (Å²) in [5.74, 6) is -0.550. The predicted molar refractivity (Wildman–Crippen MR) is 61.7 cm³/mol. The minimum absolute atomic E-state index is 0. The molecule has 82 valence electrons. The van der Waals surface area contributed by atoms with Gasteiger partial charge in [0.15, 0.2) is 23.0 Å². The zero-order valence-corrected chi connectivity index (χ0v) is 9.75. The summed E-state index contributed by atoms with van der Waals surface area (Å²) in [7, 11) is -1.96. The number of carbonyl (C=O) groups is 1. The van der Waals surface area contributed by atoms with Crippen LogP contribution in [0.4, 0.5) is 0 Å². The first-order valence-electron chi connectivity index (χ1n) is 3.60. The van der Waals surface area contributed by atoms with Crippen molar-refractivity contribution in [1.82, 2.24) is 6.15 Å². The molecule has 0 heterocycles. The normalized spacial score (nSPS) is 8.73. The molecular formula is C7H9BINO5. The quantitative estimate of drug-likeness (QED) is 0.557. The summed E-state index contributed by atoms with van der Waals surface area (Å²) in [6.07, 6.45) is 0. The minimum Gasteiger partial charge on any atom is -0.511 e. The molecule has 0 radical (unpaired) electrons. The molecule has 0 saturated carbocycles. The fourth-order valence-electron chi connectivity index (χ4n) is 0.893. The lowest BCUT2D eigenvalue weighted by molar-refractivity contribution is 0.0798. The Hall–Kier alpha value is -0.835. The fraction of sp³-hybridized carbons (Fsp3) is 0. The first-order chi connectivity index (χ1) is 6.65. The summed E-state index contributed by atoms with van der Waals surface area (Å²) in [6.45, 7) is 0. The van der Waals surface area contributed by atoms with Gasteiger partial charge >= 0.3 is 13.3 Å². The Morgan fingerprint density at radius 1 is 1.33 bits per heavy atom. The summed E-state index contributed by atoms with van der Waals surface area (Å²) < 4.78 is 9.02. The average molecular weight is 325 g/mol. The number of halogens is 1. The lowest BCUT2D eigenvalue weighted by Gasteiger charge is -2.07. The lowest BCUT2D eigenvalue weighted by atomic mass is 10.1. The fourth-order valence-corrected chi connectivity index (χ4v) is 1.13. The number of carbonyl (C=O) groups excluding carboxylic acids is 1. The summed E-state index contributed by atoms with van der Waals surface area (Å²) in [6, 6.07) is 6.10. The third-order valence-electron chi connectivity index (χ3n) is 1.41. The van der Waals surface area contributed by atoms with E-state index in [1.54, 1.807) is 12.1 Å². The van der Waals surface area contributed by atoms with Crippen molar-refractivity contribution in [3.8, 4) is 5.75 Å². The molecule has 0 unspecified atom stereocenters. The van der Waals surface area contributed by atoms with Crippen LogP contribution in [0.2, 0.25) is 0 Å². The van der Waals surface area contributed by atoms with E-state index in [4.69, 9.17) is 10.0 Å². The summed E-state index contributed by atoms with van der Waals surface area (Å²) in [5, 5.41) is 17.1. The molecule has 0 aromatic heterocycles. The van der Waals surface area contributed by atoms with Gasteiger partial charge in [-0.25, -0.2) is 4.79 Å². The third kappa shape index (κ3) is 4.04. The molecule has 1 aromatic carbocycles. The average Bonchev–Trinajstić information content (AvgIpc) is 2.16. The van der Waals surface area contributed by atoms with E-state index in [-0.39, 0.29) is 17.5 Å². The Bertz CT molecular complexity index is 335. The molecular weight excluding hydrogens is 316 g/mol. The molecule has 5 N–H and O–H groups in total. The number of hydrogen-bond donors (Lipinski definition) is 3. The highest BCUT2D eigenvalue weighted by atomic mass is 127. The number of para-hydroxylation sites is 1. The molecule has 1 aromatic rings. The van der Waals surface area contributed by atoms with Crippen LogP contribution < -0.4 is 10.8 Å². The van der Waals surface area contributed by atoms with E-state index in [1.807, 2.05) is 0 Å². The van der Waals surface area contributed by atoms with Crippen molar-refractivity contribution < 1.29 is 22.6 Å². The van der Waals surface area contributed by atoms with Crippen LogP contribution in [0, 0.1) is 0 Å². The Morgan fingerprint density at radius 2 is 1.93 bits per heavy atom. The van der Waals surface area contributed by atoms with Gasteiger partial charge in [0.05, 0.1) is 0 Å². The van der Waals surface area contributed by atoms with Crippen molar-refractivity contribution in [2.75, 3.05) is 0 Å². The minimum atomic E-state index is -1.96. The molecule has 0 aliphatic carbocycles. The first-order valence-corrected chi connectivity index (χ1v) is 4.48. The van der Waals surface area contributed by atoms with Crippen molar-refractivity contribution in [2.45, 2.75) is 0 Å². The van der Waals surface area contributed by atoms with Gasteiger partial charge in [-0.1, -0.05) is 12.1 Å². The Balaban J connectivity index is 0.00000196. The Labute approximate surface area is 101 Å². The highest BCUT2D eigenvalue weighted by Crippen LogP contribution is 2.19. The summed E-state index contributed by atoms with van der Waals surface area (Å²) in [5.41, 5.74) is 0.134. The maximum absolute atomic E-state index is 11.1. The van der Waals surface area contributed by atoms with Crippen LogP contribution in [0.25, 0.3) is 0 Å². The topological polar surface area (TPSA) is 111 Å². The third-order valence-corrected chi connectivity index (χ3v) is 1.81. The second kappa shape index (κ2) is 6.61. The van der Waals surface area contributed by atoms with Crippen LogP contribution in [0.15, 0.2) is 24.3 Å². The molecule has 0 aliphatic rings. The van der Waals surface area contributed by atoms with Crippen LogP contribution in [-0.4, -0.2) is 23.3 Å². The van der Waals surface area contributed by atoms with E-state index >= 15 is 0 Å². The molecule has 0 atom stereocenters. The Kier molecular flexibility index (Phi) is 6.24. The van der Waals surface area contributed by atoms with Crippen LogP contribution in [0.1, 0.15) is 10.4 Å². The summed E-state index contributed by atoms with van der Waals surface area (Å²) in [4.78, 5) is 11.1. The van der Waals surface area contributed by atoms with E-state index in [1.165, 1.54) is 35.1 Å². The lowest BCUT2D eigenvalue weighted by Crippen LogP contribution is -2.21. The van der Waals surface area contributed by atoms with E-state index in [0.717, 1.165) is 0 Å². The maximum Gasteiger partial charge on any atom is 0.707 e. The van der Waals surface area contributed by atoms with Gasteiger partial charge in [-0.15, -0.1) is 0 Å². The molecule has 0 bridgehead atoms. The van der Waals surface area contributed by atoms with Gasteiger partial charge in [-0.3, -0.25) is 0 Å². The highest BCUT2D eigenvalue weighted by molar-refractivity contribution is 14.1. The molecule has 6 nitrogen and oxygen atoms in total. The number of benzene rings is 1. The van der Waals surface area contributed by atoms with Crippen molar-refractivity contribution in [3.63, 3.8) is 0 Å². The van der Waals surface area contributed by atoms with Crippen LogP contribution in [0.3, 0.4) is 0 Å². The van der Waals surface area contributed by atoms with Crippen molar-refractivity contribution in [1.29, 1.82) is 0 Å². The molecule has 0 saturated heterocycles. The monoisotopic (exact) mass is 325 g/mol. The standard InChI is InChI=1S/C7H6BIO5.H3N/c9-14-7(10)5-3-1-2-4-6(5)13-8(11)12;/h1-4,11-12H;1H3. The van der Waals surface area contributed by atoms with Gasteiger partial charge in [0.25, 0.3) is 0 Å². The maximum atomic E-state index is 11.1. The Morgan fingerprint density at radius 3 is 2.47 bits per heavy atom. The smallest absolute Gasteiger partial charge is 0.511 e.